The van der Waals surface area contributed by atoms with Gasteiger partial charge in [0.05, 0.1) is 0 Å². The molecular formula is C13H25Cl. The van der Waals surface area contributed by atoms with Crippen molar-refractivity contribution in [3.8, 4) is 0 Å². The summed E-state index contributed by atoms with van der Waals surface area (Å²) < 4.78 is 0. The normalized spacial score (nSPS) is 39.4. The van der Waals surface area contributed by atoms with Crippen molar-refractivity contribution in [2.75, 3.05) is 0 Å². The summed E-state index contributed by atoms with van der Waals surface area (Å²) in [6.45, 7) is 11.7. The number of halogens is 1. The Balaban J connectivity index is 2.70. The molecule has 14 heavy (non-hydrogen) atoms. The van der Waals surface area contributed by atoms with Crippen LogP contribution in [0.4, 0.5) is 0 Å². The third-order valence-corrected chi connectivity index (χ3v) is 4.63. The second-order valence-corrected chi connectivity index (χ2v) is 6.34. The average molecular weight is 217 g/mol. The number of hydrogen-bond acceptors (Lipinski definition) is 0. The maximum Gasteiger partial charge on any atom is 0.0364 e. The Bertz CT molecular complexity index is 154. The van der Waals surface area contributed by atoms with Crippen LogP contribution in [-0.4, -0.2) is 5.38 Å². The van der Waals surface area contributed by atoms with Crippen LogP contribution in [0.1, 0.15) is 47.5 Å². The van der Waals surface area contributed by atoms with Crippen molar-refractivity contribution in [2.24, 2.45) is 29.6 Å². The molecule has 0 amide bonds. The first kappa shape index (κ1) is 12.4. The smallest absolute Gasteiger partial charge is 0.0364 e. The number of hydrogen-bond donors (Lipinski definition) is 0. The maximum absolute atomic E-state index is 6.38. The zero-order valence-corrected chi connectivity index (χ0v) is 11.0. The van der Waals surface area contributed by atoms with Crippen molar-refractivity contribution in [1.29, 1.82) is 0 Å². The van der Waals surface area contributed by atoms with E-state index in [0.717, 1.165) is 23.7 Å². The lowest BCUT2D eigenvalue weighted by Gasteiger charge is -2.42. The molecule has 1 rings (SSSR count). The summed E-state index contributed by atoms with van der Waals surface area (Å²) in [7, 11) is 0. The molecule has 4 atom stereocenters. The second kappa shape index (κ2) is 4.88. The Labute approximate surface area is 94.4 Å². The van der Waals surface area contributed by atoms with Crippen LogP contribution in [0.25, 0.3) is 0 Å². The molecule has 0 radical (unpaired) electrons. The average Bonchev–Trinajstić information content (AvgIpc) is 2.08. The first-order valence-corrected chi connectivity index (χ1v) is 6.51. The maximum atomic E-state index is 6.38. The van der Waals surface area contributed by atoms with Crippen molar-refractivity contribution < 1.29 is 0 Å². The molecule has 0 spiro atoms. The molecule has 1 saturated carbocycles. The van der Waals surface area contributed by atoms with Crippen LogP contribution in [0.5, 0.6) is 0 Å². The van der Waals surface area contributed by atoms with Gasteiger partial charge < -0.3 is 0 Å². The van der Waals surface area contributed by atoms with Crippen molar-refractivity contribution >= 4 is 11.6 Å². The lowest BCUT2D eigenvalue weighted by atomic mass is 9.66. The molecule has 84 valence electrons. The van der Waals surface area contributed by atoms with E-state index >= 15 is 0 Å². The standard InChI is InChI=1S/C13H25Cl/c1-8(2)11-6-10(5)13(14)7-12(11)9(3)4/h8-13H,6-7H2,1-5H3. The van der Waals surface area contributed by atoms with E-state index in [1.807, 2.05) is 0 Å². The lowest BCUT2D eigenvalue weighted by molar-refractivity contribution is 0.109. The van der Waals surface area contributed by atoms with E-state index < -0.39 is 0 Å². The third kappa shape index (κ3) is 2.66. The Morgan fingerprint density at radius 2 is 1.36 bits per heavy atom. The fraction of sp³-hybridized carbons (Fsp3) is 1.00. The topological polar surface area (TPSA) is 0 Å². The van der Waals surface area contributed by atoms with Crippen LogP contribution in [0, 0.1) is 29.6 Å². The summed E-state index contributed by atoms with van der Waals surface area (Å²) in [6.07, 6.45) is 2.55. The van der Waals surface area contributed by atoms with Gasteiger partial charge in [-0.05, 0) is 42.4 Å². The van der Waals surface area contributed by atoms with Gasteiger partial charge in [-0.2, -0.15) is 0 Å². The molecule has 1 heteroatoms. The molecule has 0 heterocycles. The highest BCUT2D eigenvalue weighted by atomic mass is 35.5. The summed E-state index contributed by atoms with van der Waals surface area (Å²) >= 11 is 6.38. The van der Waals surface area contributed by atoms with Gasteiger partial charge in [0.25, 0.3) is 0 Å². The highest BCUT2D eigenvalue weighted by molar-refractivity contribution is 6.20. The van der Waals surface area contributed by atoms with Crippen LogP contribution in [0.2, 0.25) is 0 Å². The molecule has 1 aliphatic rings. The van der Waals surface area contributed by atoms with E-state index in [4.69, 9.17) is 11.6 Å². The monoisotopic (exact) mass is 216 g/mol. The molecule has 0 aromatic heterocycles. The molecule has 1 fully saturated rings. The first-order chi connectivity index (χ1) is 6.43. The molecule has 0 bridgehead atoms. The lowest BCUT2D eigenvalue weighted by Crippen LogP contribution is -2.36. The number of rotatable bonds is 2. The first-order valence-electron chi connectivity index (χ1n) is 6.07. The van der Waals surface area contributed by atoms with E-state index in [1.165, 1.54) is 12.8 Å². The van der Waals surface area contributed by atoms with E-state index in [-0.39, 0.29) is 0 Å². The van der Waals surface area contributed by atoms with Crippen LogP contribution >= 0.6 is 11.6 Å². The minimum atomic E-state index is 0.414. The quantitative estimate of drug-likeness (QED) is 0.594. The Morgan fingerprint density at radius 1 is 0.929 bits per heavy atom. The Morgan fingerprint density at radius 3 is 1.79 bits per heavy atom. The molecule has 0 aromatic carbocycles. The van der Waals surface area contributed by atoms with Crippen molar-refractivity contribution in [1.82, 2.24) is 0 Å². The molecule has 0 nitrogen and oxygen atoms in total. The van der Waals surface area contributed by atoms with Gasteiger partial charge in [0.15, 0.2) is 0 Å². The van der Waals surface area contributed by atoms with Crippen LogP contribution in [-0.2, 0) is 0 Å². The Hall–Kier alpha value is 0.290. The number of alkyl halides is 1. The fourth-order valence-electron chi connectivity index (χ4n) is 2.95. The van der Waals surface area contributed by atoms with Gasteiger partial charge in [-0.1, -0.05) is 34.6 Å². The zero-order chi connectivity index (χ0) is 10.9. The van der Waals surface area contributed by atoms with Crippen LogP contribution in [0.3, 0.4) is 0 Å². The minimum absolute atomic E-state index is 0.414. The zero-order valence-electron chi connectivity index (χ0n) is 10.3. The predicted molar refractivity (Wildman–Crippen MR) is 64.7 cm³/mol. The molecule has 0 aromatic rings. The third-order valence-electron chi connectivity index (χ3n) is 4.02. The van der Waals surface area contributed by atoms with Gasteiger partial charge in [-0.25, -0.2) is 0 Å². The van der Waals surface area contributed by atoms with E-state index in [9.17, 15) is 0 Å². The summed E-state index contributed by atoms with van der Waals surface area (Å²) in [5, 5.41) is 0.414. The molecule has 4 unspecified atom stereocenters. The van der Waals surface area contributed by atoms with Gasteiger partial charge in [0.2, 0.25) is 0 Å². The van der Waals surface area contributed by atoms with Gasteiger partial charge in [0.1, 0.15) is 0 Å². The summed E-state index contributed by atoms with van der Waals surface area (Å²) in [4.78, 5) is 0. The highest BCUT2D eigenvalue weighted by Crippen LogP contribution is 2.43. The molecule has 0 N–H and O–H groups in total. The van der Waals surface area contributed by atoms with Crippen LogP contribution < -0.4 is 0 Å². The summed E-state index contributed by atoms with van der Waals surface area (Å²) in [6, 6.07) is 0. The van der Waals surface area contributed by atoms with E-state index in [0.29, 0.717) is 11.3 Å². The van der Waals surface area contributed by atoms with Gasteiger partial charge in [0, 0.05) is 5.38 Å². The van der Waals surface area contributed by atoms with Crippen molar-refractivity contribution in [2.45, 2.75) is 52.8 Å². The summed E-state index contributed by atoms with van der Waals surface area (Å²) in [5.41, 5.74) is 0. The minimum Gasteiger partial charge on any atom is -0.123 e. The second-order valence-electron chi connectivity index (χ2n) is 5.78. The Kier molecular flexibility index (Phi) is 4.30. The van der Waals surface area contributed by atoms with E-state index in [2.05, 4.69) is 34.6 Å². The molecule has 0 saturated heterocycles. The largest absolute Gasteiger partial charge is 0.123 e. The van der Waals surface area contributed by atoms with Gasteiger partial charge in [-0.3, -0.25) is 0 Å². The van der Waals surface area contributed by atoms with Crippen molar-refractivity contribution in [3.63, 3.8) is 0 Å². The SMILES string of the molecule is CC(C)C1CC(C)C(Cl)CC1C(C)C. The van der Waals surface area contributed by atoms with Crippen molar-refractivity contribution in [3.05, 3.63) is 0 Å². The summed E-state index contributed by atoms with van der Waals surface area (Å²) in [5.74, 6) is 4.04. The predicted octanol–water partition coefficient (Wildman–Crippen LogP) is 4.57. The van der Waals surface area contributed by atoms with Gasteiger partial charge >= 0.3 is 0 Å². The van der Waals surface area contributed by atoms with Crippen LogP contribution in [0.15, 0.2) is 0 Å². The highest BCUT2D eigenvalue weighted by Gasteiger charge is 2.36. The van der Waals surface area contributed by atoms with E-state index in [1.54, 1.807) is 0 Å². The molecular weight excluding hydrogens is 192 g/mol. The molecule has 1 aliphatic carbocycles. The fourth-order valence-corrected chi connectivity index (χ4v) is 3.26. The molecule has 0 aliphatic heterocycles. The van der Waals surface area contributed by atoms with Gasteiger partial charge in [-0.15, -0.1) is 11.6 Å².